The van der Waals surface area contributed by atoms with E-state index in [4.69, 9.17) is 16.3 Å². The van der Waals surface area contributed by atoms with Crippen molar-refractivity contribution in [3.8, 4) is 0 Å². The quantitative estimate of drug-likeness (QED) is 0.609. The van der Waals surface area contributed by atoms with Crippen LogP contribution < -0.4 is 0 Å². The molecule has 2 aromatic rings. The molecule has 0 atom stereocenters. The fourth-order valence-corrected chi connectivity index (χ4v) is 3.51. The van der Waals surface area contributed by atoms with Crippen molar-refractivity contribution in [2.45, 2.75) is 38.5 Å². The highest BCUT2D eigenvalue weighted by molar-refractivity contribution is 6.30. The summed E-state index contributed by atoms with van der Waals surface area (Å²) in [7, 11) is 1.45. The lowest BCUT2D eigenvalue weighted by atomic mass is 9.70. The number of carbonyl (C=O) groups is 1. The fraction of sp³-hybridized carbons (Fsp3) is 0.444. The summed E-state index contributed by atoms with van der Waals surface area (Å²) in [5.74, 6) is 0.769. The third-order valence-electron chi connectivity index (χ3n) is 4.67. The molecule has 0 N–H and O–H groups in total. The first-order valence-electron chi connectivity index (χ1n) is 7.67. The molecule has 0 radical (unpaired) electrons. The van der Waals surface area contributed by atoms with Crippen LogP contribution >= 0.6 is 11.6 Å². The molecule has 1 saturated carbocycles. The molecule has 0 bridgehead atoms. The van der Waals surface area contributed by atoms with Gasteiger partial charge in [0.1, 0.15) is 5.15 Å². The van der Waals surface area contributed by atoms with Gasteiger partial charge in [0.25, 0.3) is 0 Å². The van der Waals surface area contributed by atoms with Gasteiger partial charge in [-0.05, 0) is 47.3 Å². The minimum atomic E-state index is -0.0967. The van der Waals surface area contributed by atoms with Gasteiger partial charge < -0.3 is 4.74 Å². The molecule has 4 heteroatoms. The third-order valence-corrected chi connectivity index (χ3v) is 4.88. The molecule has 0 aliphatic heterocycles. The maximum atomic E-state index is 11.6. The predicted octanol–water partition coefficient (Wildman–Crippen LogP) is 4.68. The highest BCUT2D eigenvalue weighted by atomic mass is 35.5. The van der Waals surface area contributed by atoms with Gasteiger partial charge in [-0.1, -0.05) is 37.6 Å². The first kappa shape index (κ1) is 15.3. The number of pyridine rings is 1. The van der Waals surface area contributed by atoms with Crippen LogP contribution in [0.15, 0.2) is 24.4 Å². The van der Waals surface area contributed by atoms with Gasteiger partial charge in [-0.3, -0.25) is 4.79 Å². The number of nitrogens with zero attached hydrogens (tertiary/aromatic N) is 1. The zero-order chi connectivity index (χ0) is 15.9. The van der Waals surface area contributed by atoms with E-state index < -0.39 is 0 Å². The Labute approximate surface area is 135 Å². The summed E-state index contributed by atoms with van der Waals surface area (Å²) in [6.45, 7) is 4.36. The van der Waals surface area contributed by atoms with Gasteiger partial charge in [-0.2, -0.15) is 0 Å². The second-order valence-electron chi connectivity index (χ2n) is 6.34. The highest BCUT2D eigenvalue weighted by Crippen LogP contribution is 2.45. The van der Waals surface area contributed by atoms with Crippen molar-refractivity contribution >= 4 is 28.3 Å². The SMILES string of the molecule is COC(=O)C1CC(c2ccc(C(C)C)c3cc(Cl)ncc23)C1. The van der Waals surface area contributed by atoms with E-state index >= 15 is 0 Å². The number of ether oxygens (including phenoxy) is 1. The predicted molar refractivity (Wildman–Crippen MR) is 88.3 cm³/mol. The molecule has 0 unspecified atom stereocenters. The first-order valence-corrected chi connectivity index (χ1v) is 8.05. The smallest absolute Gasteiger partial charge is 0.308 e. The number of carbonyl (C=O) groups excluding carboxylic acids is 1. The fourth-order valence-electron chi connectivity index (χ4n) is 3.35. The molecule has 1 aromatic carbocycles. The minimum Gasteiger partial charge on any atom is -0.469 e. The van der Waals surface area contributed by atoms with Crippen molar-refractivity contribution in [1.29, 1.82) is 0 Å². The van der Waals surface area contributed by atoms with E-state index in [9.17, 15) is 4.79 Å². The molecule has 3 nitrogen and oxygen atoms in total. The van der Waals surface area contributed by atoms with Crippen molar-refractivity contribution in [3.05, 3.63) is 40.7 Å². The first-order chi connectivity index (χ1) is 10.5. The van der Waals surface area contributed by atoms with Gasteiger partial charge in [0.2, 0.25) is 0 Å². The van der Waals surface area contributed by atoms with E-state index in [0.717, 1.165) is 18.2 Å². The Morgan fingerprint density at radius 2 is 2.05 bits per heavy atom. The molecule has 3 rings (SSSR count). The minimum absolute atomic E-state index is 0.0371. The Balaban J connectivity index is 1.99. The molecule has 1 fully saturated rings. The van der Waals surface area contributed by atoms with Crippen LogP contribution in [-0.4, -0.2) is 18.1 Å². The maximum Gasteiger partial charge on any atom is 0.308 e. The molecule has 1 aliphatic rings. The van der Waals surface area contributed by atoms with E-state index in [-0.39, 0.29) is 11.9 Å². The number of rotatable bonds is 3. The van der Waals surface area contributed by atoms with Crippen LogP contribution in [0.1, 0.15) is 49.7 Å². The lowest BCUT2D eigenvalue weighted by molar-refractivity contribution is -0.148. The second kappa shape index (κ2) is 5.88. The molecule has 0 saturated heterocycles. The van der Waals surface area contributed by atoms with Crippen LogP contribution in [0.2, 0.25) is 5.15 Å². The van der Waals surface area contributed by atoms with Crippen molar-refractivity contribution in [3.63, 3.8) is 0 Å². The van der Waals surface area contributed by atoms with Gasteiger partial charge in [-0.25, -0.2) is 4.98 Å². The van der Waals surface area contributed by atoms with Crippen LogP contribution in [0.4, 0.5) is 0 Å². The molecule has 0 spiro atoms. The molecule has 0 amide bonds. The van der Waals surface area contributed by atoms with Crippen molar-refractivity contribution < 1.29 is 9.53 Å². The Hall–Kier alpha value is -1.61. The summed E-state index contributed by atoms with van der Waals surface area (Å²) in [6, 6.07) is 6.32. The van der Waals surface area contributed by atoms with Gasteiger partial charge in [0.15, 0.2) is 0 Å². The lowest BCUT2D eigenvalue weighted by Crippen LogP contribution is -2.30. The number of fused-ring (bicyclic) bond motifs is 1. The van der Waals surface area contributed by atoms with Gasteiger partial charge in [-0.15, -0.1) is 0 Å². The maximum absolute atomic E-state index is 11.6. The Morgan fingerprint density at radius 3 is 2.68 bits per heavy atom. The molecule has 22 heavy (non-hydrogen) atoms. The van der Waals surface area contributed by atoms with E-state index in [1.165, 1.54) is 23.6 Å². The molecule has 1 aromatic heterocycles. The average Bonchev–Trinajstić information content (AvgIpc) is 2.44. The zero-order valence-corrected chi connectivity index (χ0v) is 13.9. The van der Waals surface area contributed by atoms with E-state index in [1.807, 2.05) is 12.3 Å². The highest BCUT2D eigenvalue weighted by Gasteiger charge is 2.36. The largest absolute Gasteiger partial charge is 0.469 e. The number of hydrogen-bond donors (Lipinski definition) is 0. The van der Waals surface area contributed by atoms with Gasteiger partial charge in [0, 0.05) is 11.6 Å². The van der Waals surface area contributed by atoms with Crippen molar-refractivity contribution in [2.75, 3.05) is 7.11 Å². The Bertz CT molecular complexity index is 720. The monoisotopic (exact) mass is 317 g/mol. The van der Waals surface area contributed by atoms with E-state index in [0.29, 0.717) is 17.0 Å². The number of esters is 1. The summed E-state index contributed by atoms with van der Waals surface area (Å²) in [4.78, 5) is 15.8. The number of methoxy groups -OCH3 is 1. The molecule has 1 heterocycles. The second-order valence-corrected chi connectivity index (χ2v) is 6.73. The summed E-state index contributed by atoms with van der Waals surface area (Å²) >= 11 is 6.09. The molecular formula is C18H20ClNO2. The van der Waals surface area contributed by atoms with Crippen LogP contribution in [0, 0.1) is 5.92 Å². The van der Waals surface area contributed by atoms with Crippen LogP contribution in [0.25, 0.3) is 10.8 Å². The summed E-state index contributed by atoms with van der Waals surface area (Å²) in [5, 5.41) is 2.85. The zero-order valence-electron chi connectivity index (χ0n) is 13.1. The molecule has 116 valence electrons. The number of hydrogen-bond acceptors (Lipinski definition) is 3. The van der Waals surface area contributed by atoms with E-state index in [2.05, 4.69) is 31.0 Å². The standard InChI is InChI=1S/C18H20ClNO2/c1-10(2)13-4-5-14(11-6-12(7-11)18(21)22-3)16-9-20-17(19)8-15(13)16/h4-5,8-12H,6-7H2,1-3H3. The summed E-state index contributed by atoms with van der Waals surface area (Å²) in [6.07, 6.45) is 3.57. The Morgan fingerprint density at radius 1 is 1.32 bits per heavy atom. The van der Waals surface area contributed by atoms with Gasteiger partial charge in [0.05, 0.1) is 13.0 Å². The number of halogens is 1. The topological polar surface area (TPSA) is 39.2 Å². The Kier molecular flexibility index (Phi) is 4.09. The summed E-state index contributed by atoms with van der Waals surface area (Å²) < 4.78 is 4.82. The number of benzene rings is 1. The average molecular weight is 318 g/mol. The normalized spacial score (nSPS) is 21.0. The van der Waals surface area contributed by atoms with Crippen LogP contribution in [0.5, 0.6) is 0 Å². The third kappa shape index (κ3) is 2.58. The van der Waals surface area contributed by atoms with Gasteiger partial charge >= 0.3 is 5.97 Å². The van der Waals surface area contributed by atoms with Crippen LogP contribution in [0.3, 0.4) is 0 Å². The number of aromatic nitrogens is 1. The molecular weight excluding hydrogens is 298 g/mol. The van der Waals surface area contributed by atoms with Crippen molar-refractivity contribution in [1.82, 2.24) is 4.98 Å². The summed E-state index contributed by atoms with van der Waals surface area (Å²) in [5.41, 5.74) is 2.55. The molecule has 1 aliphatic carbocycles. The van der Waals surface area contributed by atoms with Crippen LogP contribution in [-0.2, 0) is 9.53 Å². The lowest BCUT2D eigenvalue weighted by Gasteiger charge is -2.34. The van der Waals surface area contributed by atoms with E-state index in [1.54, 1.807) is 0 Å². The van der Waals surface area contributed by atoms with Crippen molar-refractivity contribution in [2.24, 2.45) is 5.92 Å².